The summed E-state index contributed by atoms with van der Waals surface area (Å²) >= 11 is 0. The lowest BCUT2D eigenvalue weighted by Gasteiger charge is -2.22. The number of ether oxygens (including phenoxy) is 1. The third-order valence-electron chi connectivity index (χ3n) is 5.39. The topological polar surface area (TPSA) is 102 Å². The van der Waals surface area contributed by atoms with Crippen molar-refractivity contribution < 1.29 is 22.7 Å². The molecule has 0 aromatic heterocycles. The standard InChI is InChI=1S/C20H28N2O5S/c1-14(11-19(23)21-15-7-5-3-2-4-6-8-15)28(25,26)16-9-10-18-17(12-16)22-20(24)13-27-18/h9-10,12,14-15H,2-8,11,13H2,1H3,(H,21,23)(H,22,24)/t14-/m0/s1. The van der Waals surface area contributed by atoms with E-state index in [0.29, 0.717) is 11.4 Å². The highest BCUT2D eigenvalue weighted by Gasteiger charge is 2.28. The van der Waals surface area contributed by atoms with Gasteiger partial charge in [-0.2, -0.15) is 0 Å². The molecule has 1 atom stereocenters. The highest BCUT2D eigenvalue weighted by molar-refractivity contribution is 7.92. The minimum absolute atomic E-state index is 0.0725. The van der Waals surface area contributed by atoms with Gasteiger partial charge in [0.05, 0.1) is 15.8 Å². The Hall–Kier alpha value is -2.09. The van der Waals surface area contributed by atoms with E-state index in [1.165, 1.54) is 37.5 Å². The Morgan fingerprint density at radius 3 is 2.61 bits per heavy atom. The molecule has 0 unspecified atom stereocenters. The van der Waals surface area contributed by atoms with Crippen LogP contribution in [0.25, 0.3) is 0 Å². The number of hydrogen-bond acceptors (Lipinski definition) is 5. The first kappa shape index (κ1) is 20.6. The summed E-state index contributed by atoms with van der Waals surface area (Å²) < 4.78 is 31.0. The highest BCUT2D eigenvalue weighted by Crippen LogP contribution is 2.31. The average Bonchev–Trinajstić information content (AvgIpc) is 2.63. The summed E-state index contributed by atoms with van der Waals surface area (Å²) in [5.41, 5.74) is 0.337. The van der Waals surface area contributed by atoms with Crippen molar-refractivity contribution >= 4 is 27.3 Å². The molecule has 1 aliphatic carbocycles. The number of nitrogens with one attached hydrogen (secondary N) is 2. The smallest absolute Gasteiger partial charge is 0.262 e. The lowest BCUT2D eigenvalue weighted by atomic mass is 9.96. The van der Waals surface area contributed by atoms with E-state index in [2.05, 4.69) is 10.6 Å². The molecule has 7 nitrogen and oxygen atoms in total. The summed E-state index contributed by atoms with van der Waals surface area (Å²) in [4.78, 5) is 24.0. The van der Waals surface area contributed by atoms with Crippen molar-refractivity contribution in [2.45, 2.75) is 74.5 Å². The van der Waals surface area contributed by atoms with Gasteiger partial charge in [-0.3, -0.25) is 9.59 Å². The number of amides is 2. The zero-order valence-corrected chi connectivity index (χ0v) is 17.0. The molecule has 1 heterocycles. The van der Waals surface area contributed by atoms with Crippen LogP contribution in [0.2, 0.25) is 0 Å². The van der Waals surface area contributed by atoms with Crippen LogP contribution >= 0.6 is 0 Å². The van der Waals surface area contributed by atoms with Crippen molar-refractivity contribution in [1.82, 2.24) is 5.32 Å². The molecule has 2 aliphatic rings. The fraction of sp³-hybridized carbons (Fsp3) is 0.600. The average molecular weight is 409 g/mol. The zero-order chi connectivity index (χ0) is 20.1. The Balaban J connectivity index is 1.64. The molecule has 1 fully saturated rings. The number of anilines is 1. The molecule has 154 valence electrons. The van der Waals surface area contributed by atoms with E-state index in [4.69, 9.17) is 4.74 Å². The lowest BCUT2D eigenvalue weighted by molar-refractivity contribution is -0.122. The Labute approximate surface area is 166 Å². The summed E-state index contributed by atoms with van der Waals surface area (Å²) in [6.45, 7) is 1.46. The minimum atomic E-state index is -3.71. The molecule has 28 heavy (non-hydrogen) atoms. The van der Waals surface area contributed by atoms with Crippen molar-refractivity contribution in [3.8, 4) is 5.75 Å². The molecule has 3 rings (SSSR count). The first-order valence-corrected chi connectivity index (χ1v) is 11.5. The Morgan fingerprint density at radius 1 is 1.21 bits per heavy atom. The molecular weight excluding hydrogens is 380 g/mol. The van der Waals surface area contributed by atoms with E-state index in [1.807, 2.05) is 0 Å². The number of carbonyl (C=O) groups excluding carboxylic acids is 2. The summed E-state index contributed by atoms with van der Waals surface area (Å²) in [7, 11) is -3.71. The maximum absolute atomic E-state index is 12.9. The van der Waals surface area contributed by atoms with Gasteiger partial charge in [-0.25, -0.2) is 8.42 Å². The zero-order valence-electron chi connectivity index (χ0n) is 16.2. The van der Waals surface area contributed by atoms with Crippen LogP contribution in [0.4, 0.5) is 5.69 Å². The van der Waals surface area contributed by atoms with Crippen molar-refractivity contribution in [1.29, 1.82) is 0 Å². The first-order valence-electron chi connectivity index (χ1n) is 9.96. The maximum atomic E-state index is 12.9. The van der Waals surface area contributed by atoms with Crippen molar-refractivity contribution in [2.75, 3.05) is 11.9 Å². The van der Waals surface area contributed by atoms with Crippen LogP contribution in [0.3, 0.4) is 0 Å². The van der Waals surface area contributed by atoms with Gasteiger partial charge in [0.15, 0.2) is 16.4 Å². The van der Waals surface area contributed by atoms with E-state index >= 15 is 0 Å². The molecule has 1 saturated carbocycles. The number of rotatable bonds is 5. The minimum Gasteiger partial charge on any atom is -0.482 e. The second-order valence-electron chi connectivity index (χ2n) is 7.66. The molecule has 0 saturated heterocycles. The van der Waals surface area contributed by atoms with Crippen LogP contribution in [0, 0.1) is 0 Å². The lowest BCUT2D eigenvalue weighted by Crippen LogP contribution is -2.37. The third-order valence-corrected chi connectivity index (χ3v) is 7.52. The van der Waals surface area contributed by atoms with Crippen LogP contribution < -0.4 is 15.4 Å². The molecule has 1 aromatic rings. The molecule has 1 aromatic carbocycles. The second kappa shape index (κ2) is 8.94. The normalized spacial score (nSPS) is 19.4. The summed E-state index contributed by atoms with van der Waals surface area (Å²) in [5, 5.41) is 4.76. The van der Waals surface area contributed by atoms with Gasteiger partial charge >= 0.3 is 0 Å². The quantitative estimate of drug-likeness (QED) is 0.780. The van der Waals surface area contributed by atoms with Gasteiger partial charge in [-0.1, -0.05) is 32.1 Å². The predicted octanol–water partition coefficient (Wildman–Crippen LogP) is 2.80. The molecule has 2 N–H and O–H groups in total. The number of carbonyl (C=O) groups is 2. The first-order chi connectivity index (χ1) is 13.4. The molecular formula is C20H28N2O5S. The fourth-order valence-electron chi connectivity index (χ4n) is 3.73. The summed E-state index contributed by atoms with van der Waals surface area (Å²) in [5.74, 6) is -0.113. The number of fused-ring (bicyclic) bond motifs is 1. The molecule has 8 heteroatoms. The molecule has 0 spiro atoms. The molecule has 0 bridgehead atoms. The van der Waals surface area contributed by atoms with Gasteiger partial charge in [-0.05, 0) is 38.0 Å². The predicted molar refractivity (Wildman–Crippen MR) is 106 cm³/mol. The van der Waals surface area contributed by atoms with Gasteiger partial charge < -0.3 is 15.4 Å². The Bertz CT molecular complexity index is 829. The van der Waals surface area contributed by atoms with E-state index in [9.17, 15) is 18.0 Å². The molecule has 1 aliphatic heterocycles. The van der Waals surface area contributed by atoms with Crippen LogP contribution in [0.5, 0.6) is 5.75 Å². The number of sulfone groups is 1. The van der Waals surface area contributed by atoms with Crippen molar-refractivity contribution in [2.24, 2.45) is 0 Å². The van der Waals surface area contributed by atoms with Gasteiger partial charge in [-0.15, -0.1) is 0 Å². The van der Waals surface area contributed by atoms with Crippen molar-refractivity contribution in [3.05, 3.63) is 18.2 Å². The van der Waals surface area contributed by atoms with Crippen LogP contribution in [0.1, 0.15) is 58.3 Å². The number of hydrogen-bond donors (Lipinski definition) is 2. The Kier molecular flexibility index (Phi) is 6.59. The van der Waals surface area contributed by atoms with Gasteiger partial charge in [0.25, 0.3) is 5.91 Å². The summed E-state index contributed by atoms with van der Waals surface area (Å²) in [6, 6.07) is 4.52. The summed E-state index contributed by atoms with van der Waals surface area (Å²) in [6.07, 6.45) is 7.66. The fourth-order valence-corrected chi connectivity index (χ4v) is 5.10. The van der Waals surface area contributed by atoms with Gasteiger partial charge in [0.2, 0.25) is 5.91 Å². The van der Waals surface area contributed by atoms with Gasteiger partial charge in [0, 0.05) is 12.5 Å². The van der Waals surface area contributed by atoms with Crippen LogP contribution in [-0.2, 0) is 19.4 Å². The van der Waals surface area contributed by atoms with Crippen LogP contribution in [0.15, 0.2) is 23.1 Å². The monoisotopic (exact) mass is 408 g/mol. The SMILES string of the molecule is C[C@@H](CC(=O)NC1CCCCCCC1)S(=O)(=O)c1ccc2c(c1)NC(=O)CO2. The highest BCUT2D eigenvalue weighted by atomic mass is 32.2. The molecule has 2 amide bonds. The maximum Gasteiger partial charge on any atom is 0.262 e. The van der Waals surface area contributed by atoms with E-state index in [0.717, 1.165) is 25.7 Å². The number of benzene rings is 1. The largest absolute Gasteiger partial charge is 0.482 e. The third kappa shape index (κ3) is 5.04. The van der Waals surface area contributed by atoms with Crippen LogP contribution in [-0.4, -0.2) is 38.1 Å². The molecule has 0 radical (unpaired) electrons. The van der Waals surface area contributed by atoms with Crippen molar-refractivity contribution in [3.63, 3.8) is 0 Å². The Morgan fingerprint density at radius 2 is 1.89 bits per heavy atom. The van der Waals surface area contributed by atoms with Gasteiger partial charge in [0.1, 0.15) is 5.75 Å². The second-order valence-corrected chi connectivity index (χ2v) is 10.0. The van der Waals surface area contributed by atoms with E-state index in [1.54, 1.807) is 6.92 Å². The van der Waals surface area contributed by atoms with E-state index in [-0.39, 0.29) is 35.8 Å². The van der Waals surface area contributed by atoms with E-state index < -0.39 is 15.1 Å².